The summed E-state index contributed by atoms with van der Waals surface area (Å²) in [6.45, 7) is 8.52. The van der Waals surface area contributed by atoms with Gasteiger partial charge in [-0.05, 0) is 18.6 Å². The maximum absolute atomic E-state index is 4.58. The Bertz CT molecular complexity index is 463. The Labute approximate surface area is 83.8 Å². The lowest BCUT2D eigenvalue weighted by atomic mass is 9.93. The molecule has 0 aromatic carbocycles. The molecule has 0 aliphatic heterocycles. The topological polar surface area (TPSA) is 30.2 Å². The fourth-order valence-electron chi connectivity index (χ4n) is 1.38. The number of imidazole rings is 1. The number of fused-ring (bicyclic) bond motifs is 1. The number of nitrogens with zero attached hydrogens (tertiary/aromatic N) is 3. The van der Waals surface area contributed by atoms with Crippen molar-refractivity contribution in [1.29, 1.82) is 0 Å². The molecule has 0 amide bonds. The Hall–Kier alpha value is -1.38. The molecule has 0 radical (unpaired) electrons. The minimum atomic E-state index is 0.0835. The van der Waals surface area contributed by atoms with Crippen LogP contribution in [0, 0.1) is 6.92 Å². The number of aromatic nitrogens is 3. The first kappa shape index (κ1) is 9.19. The predicted molar refractivity (Wildman–Crippen MR) is 56.4 cm³/mol. The van der Waals surface area contributed by atoms with Gasteiger partial charge in [0.2, 0.25) is 0 Å². The van der Waals surface area contributed by atoms with E-state index in [1.807, 2.05) is 16.8 Å². The number of hydrogen-bond donors (Lipinski definition) is 0. The fourth-order valence-corrected chi connectivity index (χ4v) is 1.38. The van der Waals surface area contributed by atoms with Gasteiger partial charge in [0.1, 0.15) is 0 Å². The summed E-state index contributed by atoms with van der Waals surface area (Å²) in [5.41, 5.74) is 3.28. The van der Waals surface area contributed by atoms with Gasteiger partial charge in [-0.1, -0.05) is 20.8 Å². The van der Waals surface area contributed by atoms with Crippen LogP contribution in [0.5, 0.6) is 0 Å². The van der Waals surface area contributed by atoms with E-state index in [-0.39, 0.29) is 5.41 Å². The first-order valence-corrected chi connectivity index (χ1v) is 4.80. The molecule has 2 heterocycles. The van der Waals surface area contributed by atoms with Crippen LogP contribution in [-0.4, -0.2) is 14.6 Å². The molecule has 2 aromatic heterocycles. The largest absolute Gasteiger partial charge is 0.231 e. The second kappa shape index (κ2) is 2.80. The van der Waals surface area contributed by atoms with Gasteiger partial charge in [0, 0.05) is 11.6 Å². The van der Waals surface area contributed by atoms with E-state index >= 15 is 0 Å². The molecule has 0 unspecified atom stereocenters. The summed E-state index contributed by atoms with van der Waals surface area (Å²) in [5, 5.41) is 4.23. The Morgan fingerprint density at radius 2 is 2.00 bits per heavy atom. The number of hydrogen-bond acceptors (Lipinski definition) is 2. The molecule has 0 bridgehead atoms. The molecule has 0 aliphatic rings. The van der Waals surface area contributed by atoms with Gasteiger partial charge in [0.15, 0.2) is 5.65 Å². The number of aryl methyl sites for hydroxylation is 1. The van der Waals surface area contributed by atoms with E-state index in [4.69, 9.17) is 0 Å². The third-order valence-electron chi connectivity index (χ3n) is 2.32. The summed E-state index contributed by atoms with van der Waals surface area (Å²) in [6, 6.07) is 1.98. The Morgan fingerprint density at radius 1 is 1.29 bits per heavy atom. The van der Waals surface area contributed by atoms with Crippen LogP contribution in [0.25, 0.3) is 5.65 Å². The zero-order chi connectivity index (χ0) is 10.3. The molecule has 0 spiro atoms. The average molecular weight is 189 g/mol. The van der Waals surface area contributed by atoms with Gasteiger partial charge >= 0.3 is 0 Å². The van der Waals surface area contributed by atoms with Gasteiger partial charge < -0.3 is 0 Å². The summed E-state index contributed by atoms with van der Waals surface area (Å²) in [5.74, 6) is 0. The lowest BCUT2D eigenvalue weighted by Gasteiger charge is -2.13. The van der Waals surface area contributed by atoms with Crippen LogP contribution in [0.2, 0.25) is 0 Å². The van der Waals surface area contributed by atoms with Crippen molar-refractivity contribution in [2.24, 2.45) is 0 Å². The quantitative estimate of drug-likeness (QED) is 0.636. The third kappa shape index (κ3) is 1.39. The molecular weight excluding hydrogens is 174 g/mol. The molecule has 74 valence electrons. The highest BCUT2D eigenvalue weighted by molar-refractivity contribution is 5.46. The second-order valence-electron chi connectivity index (χ2n) is 4.66. The van der Waals surface area contributed by atoms with Crippen molar-refractivity contribution in [2.75, 3.05) is 0 Å². The monoisotopic (exact) mass is 189 g/mol. The smallest absolute Gasteiger partial charge is 0.156 e. The van der Waals surface area contributed by atoms with Crippen LogP contribution in [0.3, 0.4) is 0 Å². The zero-order valence-electron chi connectivity index (χ0n) is 9.07. The van der Waals surface area contributed by atoms with Crippen LogP contribution in [-0.2, 0) is 5.41 Å². The van der Waals surface area contributed by atoms with E-state index < -0.39 is 0 Å². The second-order valence-corrected chi connectivity index (χ2v) is 4.66. The van der Waals surface area contributed by atoms with Crippen LogP contribution in [0.1, 0.15) is 32.0 Å². The first-order chi connectivity index (χ1) is 6.48. The van der Waals surface area contributed by atoms with E-state index in [9.17, 15) is 0 Å². The van der Waals surface area contributed by atoms with Gasteiger partial charge in [0.25, 0.3) is 0 Å². The van der Waals surface area contributed by atoms with E-state index in [1.54, 1.807) is 6.20 Å². The highest BCUT2D eigenvalue weighted by atomic mass is 15.2. The molecular formula is C11H15N3. The summed E-state index contributed by atoms with van der Waals surface area (Å²) in [4.78, 5) is 4.58. The zero-order valence-corrected chi connectivity index (χ0v) is 9.07. The normalized spacial score (nSPS) is 12.3. The fraction of sp³-hybridized carbons (Fsp3) is 0.455. The van der Waals surface area contributed by atoms with E-state index in [2.05, 4.69) is 37.8 Å². The molecule has 3 nitrogen and oxygen atoms in total. The molecule has 0 fully saturated rings. The summed E-state index contributed by atoms with van der Waals surface area (Å²) >= 11 is 0. The Kier molecular flexibility index (Phi) is 1.84. The SMILES string of the molecule is Cc1ccnn2cc(C(C)(C)C)nc12. The summed E-state index contributed by atoms with van der Waals surface area (Å²) in [7, 11) is 0. The third-order valence-corrected chi connectivity index (χ3v) is 2.32. The first-order valence-electron chi connectivity index (χ1n) is 4.80. The summed E-state index contributed by atoms with van der Waals surface area (Å²) < 4.78 is 1.84. The van der Waals surface area contributed by atoms with Crippen LogP contribution in [0.4, 0.5) is 0 Å². The minimum Gasteiger partial charge on any atom is -0.231 e. The highest BCUT2D eigenvalue weighted by Gasteiger charge is 2.18. The maximum atomic E-state index is 4.58. The standard InChI is InChI=1S/C11H15N3/c1-8-5-6-12-14-7-9(11(2,3)4)13-10(8)14/h5-7H,1-4H3. The molecule has 2 aromatic rings. The van der Waals surface area contributed by atoms with Crippen molar-refractivity contribution in [3.05, 3.63) is 29.7 Å². The summed E-state index contributed by atoms with van der Waals surface area (Å²) in [6.07, 6.45) is 3.80. The highest BCUT2D eigenvalue weighted by Crippen LogP contribution is 2.21. The van der Waals surface area contributed by atoms with Crippen molar-refractivity contribution in [3.63, 3.8) is 0 Å². The molecule has 0 atom stereocenters. The average Bonchev–Trinajstić information content (AvgIpc) is 2.48. The molecule has 14 heavy (non-hydrogen) atoms. The predicted octanol–water partition coefficient (Wildman–Crippen LogP) is 2.34. The van der Waals surface area contributed by atoms with Gasteiger partial charge in [-0.15, -0.1) is 0 Å². The molecule has 0 saturated heterocycles. The van der Waals surface area contributed by atoms with Crippen molar-refractivity contribution < 1.29 is 0 Å². The van der Waals surface area contributed by atoms with E-state index in [0.29, 0.717) is 0 Å². The van der Waals surface area contributed by atoms with Crippen LogP contribution >= 0.6 is 0 Å². The van der Waals surface area contributed by atoms with Crippen molar-refractivity contribution in [2.45, 2.75) is 33.1 Å². The maximum Gasteiger partial charge on any atom is 0.156 e. The lowest BCUT2D eigenvalue weighted by Crippen LogP contribution is -2.11. The minimum absolute atomic E-state index is 0.0835. The molecule has 0 N–H and O–H groups in total. The number of rotatable bonds is 0. The van der Waals surface area contributed by atoms with Crippen molar-refractivity contribution in [3.8, 4) is 0 Å². The molecule has 0 saturated carbocycles. The lowest BCUT2D eigenvalue weighted by molar-refractivity contribution is 0.572. The molecule has 3 heteroatoms. The van der Waals surface area contributed by atoms with Gasteiger partial charge in [-0.25, -0.2) is 9.50 Å². The Morgan fingerprint density at radius 3 is 2.57 bits per heavy atom. The van der Waals surface area contributed by atoms with Crippen LogP contribution < -0.4 is 0 Å². The van der Waals surface area contributed by atoms with Crippen molar-refractivity contribution in [1.82, 2.24) is 14.6 Å². The molecule has 2 rings (SSSR count). The molecule has 0 aliphatic carbocycles. The van der Waals surface area contributed by atoms with Crippen molar-refractivity contribution >= 4 is 5.65 Å². The van der Waals surface area contributed by atoms with E-state index in [1.165, 1.54) is 0 Å². The Balaban J connectivity index is 2.69. The van der Waals surface area contributed by atoms with Gasteiger partial charge in [-0.2, -0.15) is 5.10 Å². The van der Waals surface area contributed by atoms with Crippen LogP contribution in [0.15, 0.2) is 18.5 Å². The van der Waals surface area contributed by atoms with Gasteiger partial charge in [0.05, 0.1) is 11.9 Å². The van der Waals surface area contributed by atoms with Gasteiger partial charge in [-0.3, -0.25) is 0 Å². The van der Waals surface area contributed by atoms with E-state index in [0.717, 1.165) is 16.9 Å².